The van der Waals surface area contributed by atoms with Gasteiger partial charge in [0, 0.05) is 18.9 Å². The Morgan fingerprint density at radius 2 is 2.27 bits per heavy atom. The van der Waals surface area contributed by atoms with Crippen molar-refractivity contribution in [2.45, 2.75) is 38.4 Å². The number of hydrogen-bond donors (Lipinski definition) is 1. The molecule has 0 aliphatic heterocycles. The number of fused-ring (bicyclic) bond motifs is 1. The highest BCUT2D eigenvalue weighted by molar-refractivity contribution is 5.32. The maximum atomic E-state index is 10.7. The van der Waals surface area contributed by atoms with Gasteiger partial charge in [0.15, 0.2) is 5.79 Å². The van der Waals surface area contributed by atoms with E-state index in [1.807, 2.05) is 0 Å². The van der Waals surface area contributed by atoms with Crippen LogP contribution < -0.4 is 0 Å². The van der Waals surface area contributed by atoms with Crippen LogP contribution in [0, 0.1) is 23.2 Å². The summed E-state index contributed by atoms with van der Waals surface area (Å²) in [6.45, 7) is 6.51. The van der Waals surface area contributed by atoms with Gasteiger partial charge in [0.1, 0.15) is 0 Å². The monoisotopic (exact) mass is 208 g/mol. The highest BCUT2D eigenvalue weighted by atomic mass is 16.6. The number of methoxy groups -OCH3 is 1. The first-order valence-corrected chi connectivity index (χ1v) is 6.01. The Morgan fingerprint density at radius 1 is 1.53 bits per heavy atom. The van der Waals surface area contributed by atoms with Crippen LogP contribution in [0.3, 0.4) is 0 Å². The predicted octanol–water partition coefficient (Wildman–Crippen LogP) is 2.33. The van der Waals surface area contributed by atoms with E-state index in [1.165, 1.54) is 24.8 Å². The first-order valence-electron chi connectivity index (χ1n) is 6.01. The molecule has 0 unspecified atom stereocenters. The van der Waals surface area contributed by atoms with Gasteiger partial charge in [0.25, 0.3) is 0 Å². The minimum absolute atomic E-state index is 0.136. The summed E-state index contributed by atoms with van der Waals surface area (Å²) >= 11 is 0. The van der Waals surface area contributed by atoms with Crippen LogP contribution in [-0.2, 0) is 4.74 Å². The van der Waals surface area contributed by atoms with Gasteiger partial charge in [-0.1, -0.05) is 25.5 Å². The fourth-order valence-corrected chi connectivity index (χ4v) is 4.73. The van der Waals surface area contributed by atoms with Crippen LogP contribution in [0.2, 0.25) is 0 Å². The third-order valence-electron chi connectivity index (χ3n) is 5.39. The van der Waals surface area contributed by atoms with Crippen molar-refractivity contribution in [3.8, 4) is 0 Å². The van der Waals surface area contributed by atoms with E-state index in [4.69, 9.17) is 4.74 Å². The number of aliphatic hydroxyl groups is 1. The summed E-state index contributed by atoms with van der Waals surface area (Å²) in [6.07, 6.45) is 4.80. The Labute approximate surface area is 91.3 Å². The summed E-state index contributed by atoms with van der Waals surface area (Å²) in [5.41, 5.74) is 1.38. The van der Waals surface area contributed by atoms with Crippen molar-refractivity contribution in [3.63, 3.8) is 0 Å². The third-order valence-corrected chi connectivity index (χ3v) is 5.39. The SMILES string of the molecule is C=C1[C@H]2C[C@@H]3CCC[C@]1(C)[C@H]3[C@]2(O)OC. The van der Waals surface area contributed by atoms with Gasteiger partial charge in [-0.2, -0.15) is 0 Å². The quantitative estimate of drug-likeness (QED) is 0.529. The van der Waals surface area contributed by atoms with Crippen LogP contribution in [-0.4, -0.2) is 18.0 Å². The van der Waals surface area contributed by atoms with Gasteiger partial charge in [0.2, 0.25) is 0 Å². The lowest BCUT2D eigenvalue weighted by molar-refractivity contribution is -0.228. The van der Waals surface area contributed by atoms with E-state index in [9.17, 15) is 5.11 Å². The van der Waals surface area contributed by atoms with E-state index in [1.54, 1.807) is 7.11 Å². The fourth-order valence-electron chi connectivity index (χ4n) is 4.73. The first-order chi connectivity index (χ1) is 7.04. The van der Waals surface area contributed by atoms with E-state index in [0.29, 0.717) is 11.8 Å². The predicted molar refractivity (Wildman–Crippen MR) is 58.1 cm³/mol. The molecule has 0 aromatic heterocycles. The second-order valence-electron chi connectivity index (χ2n) is 5.82. The molecule has 0 amide bonds. The molecule has 15 heavy (non-hydrogen) atoms. The molecule has 0 aromatic rings. The highest BCUT2D eigenvalue weighted by Gasteiger charge is 2.70. The Bertz CT molecular complexity index is 324. The summed E-state index contributed by atoms with van der Waals surface area (Å²) in [7, 11) is 1.64. The molecule has 0 aromatic carbocycles. The largest absolute Gasteiger partial charge is 0.365 e. The number of ether oxygens (including phenoxy) is 1. The zero-order chi connectivity index (χ0) is 10.8. The first kappa shape index (κ1) is 9.86. The molecule has 3 saturated carbocycles. The molecule has 3 aliphatic rings. The lowest BCUT2D eigenvalue weighted by Crippen LogP contribution is -2.44. The van der Waals surface area contributed by atoms with Gasteiger partial charge < -0.3 is 9.84 Å². The zero-order valence-corrected chi connectivity index (χ0v) is 9.62. The molecule has 2 bridgehead atoms. The Morgan fingerprint density at radius 3 is 2.87 bits per heavy atom. The molecular weight excluding hydrogens is 188 g/mol. The topological polar surface area (TPSA) is 29.5 Å². The van der Waals surface area contributed by atoms with E-state index in [0.717, 1.165) is 6.42 Å². The average molecular weight is 208 g/mol. The molecule has 5 atom stereocenters. The molecule has 0 spiro atoms. The number of rotatable bonds is 1. The fraction of sp³-hybridized carbons (Fsp3) is 0.846. The summed E-state index contributed by atoms with van der Waals surface area (Å²) in [5.74, 6) is 0.227. The van der Waals surface area contributed by atoms with E-state index >= 15 is 0 Å². The van der Waals surface area contributed by atoms with Crippen LogP contribution in [0.5, 0.6) is 0 Å². The molecular formula is C13H20O2. The second-order valence-corrected chi connectivity index (χ2v) is 5.82. The van der Waals surface area contributed by atoms with Crippen LogP contribution in [0.1, 0.15) is 32.6 Å². The maximum absolute atomic E-state index is 10.7. The standard InChI is InChI=1S/C13H20O2/c1-8-10-7-9-5-4-6-12(8,2)11(9)13(10,14)15-3/h9-11,14H,1,4-7H2,2-3H3/t9-,10+,11-,12-,13+/m0/s1. The van der Waals surface area contributed by atoms with Gasteiger partial charge in [-0.25, -0.2) is 0 Å². The van der Waals surface area contributed by atoms with Crippen LogP contribution in [0.25, 0.3) is 0 Å². The smallest absolute Gasteiger partial charge is 0.175 e. The summed E-state index contributed by atoms with van der Waals surface area (Å²) in [4.78, 5) is 0. The van der Waals surface area contributed by atoms with Gasteiger partial charge in [-0.3, -0.25) is 0 Å². The van der Waals surface area contributed by atoms with Crippen molar-refractivity contribution in [3.05, 3.63) is 12.2 Å². The van der Waals surface area contributed by atoms with Crippen molar-refractivity contribution < 1.29 is 9.84 Å². The van der Waals surface area contributed by atoms with Gasteiger partial charge >= 0.3 is 0 Å². The molecule has 3 aliphatic carbocycles. The zero-order valence-electron chi connectivity index (χ0n) is 9.62. The van der Waals surface area contributed by atoms with E-state index in [2.05, 4.69) is 13.5 Å². The number of hydrogen-bond acceptors (Lipinski definition) is 2. The highest BCUT2D eigenvalue weighted by Crippen LogP contribution is 2.70. The Hall–Kier alpha value is -0.340. The summed E-state index contributed by atoms with van der Waals surface area (Å²) in [6, 6.07) is 0. The van der Waals surface area contributed by atoms with Crippen molar-refractivity contribution >= 4 is 0 Å². The third kappa shape index (κ3) is 0.891. The molecule has 3 fully saturated rings. The average Bonchev–Trinajstić information content (AvgIpc) is 2.59. The van der Waals surface area contributed by atoms with Crippen molar-refractivity contribution in [2.75, 3.05) is 7.11 Å². The van der Waals surface area contributed by atoms with E-state index in [-0.39, 0.29) is 11.3 Å². The van der Waals surface area contributed by atoms with Crippen LogP contribution in [0.4, 0.5) is 0 Å². The molecule has 0 heterocycles. The van der Waals surface area contributed by atoms with Gasteiger partial charge in [-0.15, -0.1) is 0 Å². The Balaban J connectivity index is 2.11. The van der Waals surface area contributed by atoms with E-state index < -0.39 is 5.79 Å². The van der Waals surface area contributed by atoms with Gasteiger partial charge in [-0.05, 0) is 30.6 Å². The summed E-state index contributed by atoms with van der Waals surface area (Å²) in [5, 5.41) is 10.7. The summed E-state index contributed by atoms with van der Waals surface area (Å²) < 4.78 is 5.45. The normalized spacial score (nSPS) is 57.5. The second kappa shape index (κ2) is 2.67. The molecule has 84 valence electrons. The lowest BCUT2D eigenvalue weighted by Gasteiger charge is -2.45. The molecule has 2 nitrogen and oxygen atoms in total. The molecule has 3 rings (SSSR count). The molecule has 2 heteroatoms. The molecule has 1 N–H and O–H groups in total. The maximum Gasteiger partial charge on any atom is 0.175 e. The molecule has 0 radical (unpaired) electrons. The van der Waals surface area contributed by atoms with Crippen molar-refractivity contribution in [2.24, 2.45) is 23.2 Å². The van der Waals surface area contributed by atoms with Crippen LogP contribution in [0.15, 0.2) is 12.2 Å². The van der Waals surface area contributed by atoms with Gasteiger partial charge in [0.05, 0.1) is 0 Å². The van der Waals surface area contributed by atoms with Crippen molar-refractivity contribution in [1.29, 1.82) is 0 Å². The van der Waals surface area contributed by atoms with Crippen molar-refractivity contribution in [1.82, 2.24) is 0 Å². The minimum Gasteiger partial charge on any atom is -0.365 e. The minimum atomic E-state index is -0.906. The Kier molecular flexibility index (Phi) is 1.75. The lowest BCUT2D eigenvalue weighted by atomic mass is 9.60. The molecule has 0 saturated heterocycles. The van der Waals surface area contributed by atoms with Crippen LogP contribution >= 0.6 is 0 Å².